The van der Waals surface area contributed by atoms with Gasteiger partial charge in [-0.25, -0.2) is 0 Å². The Morgan fingerprint density at radius 1 is 1.16 bits per heavy atom. The van der Waals surface area contributed by atoms with Crippen molar-refractivity contribution in [3.05, 3.63) is 71.0 Å². The third-order valence-corrected chi connectivity index (χ3v) is 6.83. The molecule has 7 nitrogen and oxygen atoms in total. The predicted octanol–water partition coefficient (Wildman–Crippen LogP) is 3.74. The summed E-state index contributed by atoms with van der Waals surface area (Å²) in [6, 6.07) is 15.0. The molecule has 1 N–H and O–H groups in total. The number of likely N-dealkylation sites (tertiary alicyclic amines) is 1. The lowest BCUT2D eigenvalue weighted by molar-refractivity contribution is -0.129. The first kappa shape index (κ1) is 22.4. The molecule has 2 amide bonds. The van der Waals surface area contributed by atoms with Gasteiger partial charge in [0.05, 0.1) is 11.4 Å². The molecule has 1 aromatic heterocycles. The topological polar surface area (TPSA) is 80.1 Å². The van der Waals surface area contributed by atoms with Crippen LogP contribution in [0.1, 0.15) is 28.8 Å². The van der Waals surface area contributed by atoms with Crippen LogP contribution in [0.5, 0.6) is 0 Å². The van der Waals surface area contributed by atoms with Gasteiger partial charge in [-0.15, -0.1) is 10.2 Å². The van der Waals surface area contributed by atoms with Crippen molar-refractivity contribution in [2.45, 2.75) is 31.0 Å². The number of carbonyl (C=O) groups excluding carboxylic acids is 2. The van der Waals surface area contributed by atoms with Crippen LogP contribution in [0.4, 0.5) is 0 Å². The minimum absolute atomic E-state index is 0.0549. The zero-order valence-electron chi connectivity index (χ0n) is 17.7. The van der Waals surface area contributed by atoms with Gasteiger partial charge in [-0.2, -0.15) is 0 Å². The normalized spacial score (nSPS) is 14.4. The number of hydrogen-bond donors (Lipinski definition) is 1. The highest BCUT2D eigenvalue weighted by Crippen LogP contribution is 2.24. The van der Waals surface area contributed by atoms with E-state index in [1.54, 1.807) is 18.5 Å². The van der Waals surface area contributed by atoms with E-state index >= 15 is 0 Å². The average Bonchev–Trinajstić information content (AvgIpc) is 3.29. The van der Waals surface area contributed by atoms with Crippen molar-refractivity contribution in [2.75, 3.05) is 18.8 Å². The average molecular weight is 470 g/mol. The van der Waals surface area contributed by atoms with E-state index in [2.05, 4.69) is 15.5 Å². The summed E-state index contributed by atoms with van der Waals surface area (Å²) in [5, 5.41) is 12.5. The Bertz CT molecular complexity index is 1100. The second-order valence-corrected chi connectivity index (χ2v) is 9.05. The van der Waals surface area contributed by atoms with Crippen LogP contribution >= 0.6 is 23.4 Å². The monoisotopic (exact) mass is 469 g/mol. The van der Waals surface area contributed by atoms with Crippen LogP contribution in [-0.4, -0.2) is 56.4 Å². The van der Waals surface area contributed by atoms with Gasteiger partial charge in [-0.05, 0) is 49.6 Å². The van der Waals surface area contributed by atoms with Gasteiger partial charge >= 0.3 is 0 Å². The number of nitrogens with zero attached hydrogens (tertiary/aromatic N) is 4. The Balaban J connectivity index is 1.28. The highest BCUT2D eigenvalue weighted by molar-refractivity contribution is 7.99. The van der Waals surface area contributed by atoms with E-state index in [4.69, 9.17) is 11.6 Å². The molecular weight excluding hydrogens is 446 g/mol. The number of hydrogen-bond acceptors (Lipinski definition) is 5. The van der Waals surface area contributed by atoms with Crippen LogP contribution < -0.4 is 5.32 Å². The molecule has 2 aromatic carbocycles. The van der Waals surface area contributed by atoms with Gasteiger partial charge in [0.1, 0.15) is 6.33 Å². The number of rotatable bonds is 6. The standard InChI is InChI=1S/C23H24ClN5O2S/c1-16-7-8-19(13-20(16)24)29-15-25-27-23(29)32-14-21(30)28-11-9-18(10-12-28)26-22(31)17-5-3-2-4-6-17/h2-8,13,15,18H,9-12,14H2,1H3,(H,26,31). The summed E-state index contributed by atoms with van der Waals surface area (Å²) >= 11 is 7.60. The summed E-state index contributed by atoms with van der Waals surface area (Å²) in [7, 11) is 0. The molecule has 4 rings (SSSR count). The smallest absolute Gasteiger partial charge is 0.251 e. The van der Waals surface area contributed by atoms with Crippen LogP contribution in [-0.2, 0) is 4.79 Å². The number of nitrogens with one attached hydrogen (secondary N) is 1. The van der Waals surface area contributed by atoms with Crippen molar-refractivity contribution < 1.29 is 9.59 Å². The first-order valence-corrected chi connectivity index (χ1v) is 11.8. The number of halogens is 1. The first-order valence-electron chi connectivity index (χ1n) is 10.4. The summed E-state index contributed by atoms with van der Waals surface area (Å²) in [6.07, 6.45) is 3.11. The maximum Gasteiger partial charge on any atom is 0.251 e. The van der Waals surface area contributed by atoms with E-state index in [1.165, 1.54) is 11.8 Å². The lowest BCUT2D eigenvalue weighted by Gasteiger charge is -2.32. The van der Waals surface area contributed by atoms with E-state index in [9.17, 15) is 9.59 Å². The maximum atomic E-state index is 12.7. The summed E-state index contributed by atoms with van der Waals surface area (Å²) in [6.45, 7) is 3.20. The highest BCUT2D eigenvalue weighted by atomic mass is 35.5. The maximum absolute atomic E-state index is 12.7. The molecule has 3 aromatic rings. The van der Waals surface area contributed by atoms with Crippen molar-refractivity contribution in [3.8, 4) is 5.69 Å². The molecule has 9 heteroatoms. The Morgan fingerprint density at radius 2 is 1.91 bits per heavy atom. The summed E-state index contributed by atoms with van der Waals surface area (Å²) in [5.74, 6) is 0.264. The molecule has 32 heavy (non-hydrogen) atoms. The quantitative estimate of drug-likeness (QED) is 0.556. The van der Waals surface area contributed by atoms with Crippen molar-refractivity contribution in [1.29, 1.82) is 0 Å². The van der Waals surface area contributed by atoms with Crippen LogP contribution in [0.2, 0.25) is 5.02 Å². The van der Waals surface area contributed by atoms with Crippen molar-refractivity contribution >= 4 is 35.2 Å². The zero-order chi connectivity index (χ0) is 22.5. The molecule has 1 fully saturated rings. The van der Waals surface area contributed by atoms with Gasteiger partial charge in [0.2, 0.25) is 5.91 Å². The number of piperidine rings is 1. The van der Waals surface area contributed by atoms with Crippen molar-refractivity contribution in [2.24, 2.45) is 0 Å². The number of aromatic nitrogens is 3. The number of thioether (sulfide) groups is 1. The van der Waals surface area contributed by atoms with E-state index in [0.717, 1.165) is 24.1 Å². The Labute approximate surface area is 196 Å². The van der Waals surface area contributed by atoms with Gasteiger partial charge in [0.25, 0.3) is 5.91 Å². The second kappa shape index (κ2) is 10.2. The highest BCUT2D eigenvalue weighted by Gasteiger charge is 2.24. The second-order valence-electron chi connectivity index (χ2n) is 7.70. The predicted molar refractivity (Wildman–Crippen MR) is 125 cm³/mol. The summed E-state index contributed by atoms with van der Waals surface area (Å²) in [4.78, 5) is 26.9. The Hall–Kier alpha value is -2.84. The molecule has 2 heterocycles. The van der Waals surface area contributed by atoms with E-state index in [-0.39, 0.29) is 23.6 Å². The molecular formula is C23H24ClN5O2S. The van der Waals surface area contributed by atoms with Crippen molar-refractivity contribution in [1.82, 2.24) is 25.0 Å². The SMILES string of the molecule is Cc1ccc(-n2cnnc2SCC(=O)N2CCC(NC(=O)c3ccccc3)CC2)cc1Cl. The number of aryl methyl sites for hydroxylation is 1. The van der Waals surface area contributed by atoms with Crippen LogP contribution in [0.3, 0.4) is 0 Å². The lowest BCUT2D eigenvalue weighted by atomic mass is 10.0. The third-order valence-electron chi connectivity index (χ3n) is 5.49. The minimum atomic E-state index is -0.0681. The number of benzene rings is 2. The molecule has 0 spiro atoms. The molecule has 1 aliphatic rings. The van der Waals surface area contributed by atoms with Gasteiger partial charge in [-0.3, -0.25) is 14.2 Å². The van der Waals surface area contributed by atoms with E-state index in [0.29, 0.717) is 28.8 Å². The van der Waals surface area contributed by atoms with Gasteiger partial charge in [0, 0.05) is 29.7 Å². The minimum Gasteiger partial charge on any atom is -0.349 e. The molecule has 0 saturated carbocycles. The summed E-state index contributed by atoms with van der Waals surface area (Å²) < 4.78 is 1.83. The van der Waals surface area contributed by atoms with Gasteiger partial charge in [0.15, 0.2) is 5.16 Å². The number of amides is 2. The van der Waals surface area contributed by atoms with Crippen molar-refractivity contribution in [3.63, 3.8) is 0 Å². The Morgan fingerprint density at radius 3 is 2.62 bits per heavy atom. The summed E-state index contributed by atoms with van der Waals surface area (Å²) in [5.41, 5.74) is 2.51. The molecule has 0 unspecified atom stereocenters. The van der Waals surface area contributed by atoms with Crippen LogP contribution in [0.25, 0.3) is 5.69 Å². The van der Waals surface area contributed by atoms with Gasteiger partial charge < -0.3 is 10.2 Å². The Kier molecular flexibility index (Phi) is 7.12. The first-order chi connectivity index (χ1) is 15.5. The molecule has 1 saturated heterocycles. The van der Waals surface area contributed by atoms with Crippen LogP contribution in [0.15, 0.2) is 60.0 Å². The van der Waals surface area contributed by atoms with Crippen LogP contribution in [0, 0.1) is 6.92 Å². The fourth-order valence-electron chi connectivity index (χ4n) is 3.58. The zero-order valence-corrected chi connectivity index (χ0v) is 19.3. The molecule has 0 radical (unpaired) electrons. The molecule has 0 atom stereocenters. The van der Waals surface area contributed by atoms with Gasteiger partial charge in [-0.1, -0.05) is 47.6 Å². The molecule has 0 bridgehead atoms. The number of carbonyl (C=O) groups is 2. The van der Waals surface area contributed by atoms with E-state index in [1.807, 2.05) is 52.8 Å². The third kappa shape index (κ3) is 5.31. The largest absolute Gasteiger partial charge is 0.349 e. The fourth-order valence-corrected chi connectivity index (χ4v) is 4.59. The molecule has 166 valence electrons. The molecule has 1 aliphatic heterocycles. The van der Waals surface area contributed by atoms with E-state index < -0.39 is 0 Å². The molecule has 0 aliphatic carbocycles. The fraction of sp³-hybridized carbons (Fsp3) is 0.304. The lowest BCUT2D eigenvalue weighted by Crippen LogP contribution is -2.47.